The van der Waals surface area contributed by atoms with Crippen LogP contribution in [-0.4, -0.2) is 82.2 Å². The minimum Gasteiger partial charge on any atom is -0.481 e. The number of carboxylic acids is 1. The Morgan fingerprint density at radius 1 is 0.800 bits per heavy atom. The van der Waals surface area contributed by atoms with Gasteiger partial charge in [0.05, 0.1) is 43.7 Å². The van der Waals surface area contributed by atoms with Crippen molar-refractivity contribution in [3.63, 3.8) is 0 Å². The zero-order valence-electron chi connectivity index (χ0n) is 19.2. The average Bonchev–Trinajstić information content (AvgIpc) is 2.65. The highest BCUT2D eigenvalue weighted by Gasteiger charge is 2.20. The molecule has 0 fully saturated rings. The molecule has 30 heavy (non-hydrogen) atoms. The third-order valence-electron chi connectivity index (χ3n) is 4.11. The number of esters is 1. The van der Waals surface area contributed by atoms with Gasteiger partial charge in [0.1, 0.15) is 6.10 Å². The molecule has 0 amide bonds. The van der Waals surface area contributed by atoms with E-state index in [-0.39, 0.29) is 50.3 Å². The number of carboxylic acid groups (broad SMARTS) is 1. The van der Waals surface area contributed by atoms with Crippen molar-refractivity contribution in [1.29, 1.82) is 0 Å². The third kappa shape index (κ3) is 20.0. The molecule has 0 bridgehead atoms. The number of aliphatic hydroxyl groups is 3. The number of aliphatic hydroxyl groups excluding tert-OH is 3. The first kappa shape index (κ1) is 30.9. The molecule has 0 aromatic heterocycles. The van der Waals surface area contributed by atoms with Crippen molar-refractivity contribution in [1.82, 2.24) is 0 Å². The van der Waals surface area contributed by atoms with Gasteiger partial charge in [-0.15, -0.1) is 0 Å². The van der Waals surface area contributed by atoms with Crippen LogP contribution in [0.1, 0.15) is 73.6 Å². The van der Waals surface area contributed by atoms with Crippen molar-refractivity contribution in [3.8, 4) is 0 Å². The number of hydrogen-bond acceptors (Lipinski definition) is 8. The SMILES string of the molecule is CC(O)COC(C)C(C)O.CCC(OC(=O)CCCCC(=O)O)C(C)OCC(C)O. The fourth-order valence-electron chi connectivity index (χ4n) is 2.11. The van der Waals surface area contributed by atoms with E-state index in [1.54, 1.807) is 34.6 Å². The van der Waals surface area contributed by atoms with Gasteiger partial charge in [-0.3, -0.25) is 9.59 Å². The Kier molecular flexibility index (Phi) is 19.1. The number of aliphatic carboxylic acids is 1. The van der Waals surface area contributed by atoms with Gasteiger partial charge in [0.25, 0.3) is 0 Å². The quantitative estimate of drug-likeness (QED) is 0.223. The molecule has 0 aliphatic carbocycles. The summed E-state index contributed by atoms with van der Waals surface area (Å²) in [7, 11) is 0. The minimum absolute atomic E-state index is 0.0678. The van der Waals surface area contributed by atoms with Crippen LogP contribution in [0.4, 0.5) is 0 Å². The van der Waals surface area contributed by atoms with Crippen molar-refractivity contribution in [2.24, 2.45) is 0 Å². The predicted molar refractivity (Wildman–Crippen MR) is 112 cm³/mol. The summed E-state index contributed by atoms with van der Waals surface area (Å²) in [5.74, 6) is -1.19. The van der Waals surface area contributed by atoms with E-state index in [1.807, 2.05) is 6.92 Å². The summed E-state index contributed by atoms with van der Waals surface area (Å²) in [6, 6.07) is 0. The smallest absolute Gasteiger partial charge is 0.306 e. The van der Waals surface area contributed by atoms with Gasteiger partial charge in [0.15, 0.2) is 0 Å². The first-order chi connectivity index (χ1) is 13.9. The molecular formula is C21H42O9. The van der Waals surface area contributed by atoms with E-state index in [2.05, 4.69) is 0 Å². The summed E-state index contributed by atoms with van der Waals surface area (Å²) >= 11 is 0. The van der Waals surface area contributed by atoms with Crippen molar-refractivity contribution < 1.29 is 44.2 Å². The second-order valence-corrected chi connectivity index (χ2v) is 7.55. The Balaban J connectivity index is 0. The van der Waals surface area contributed by atoms with Gasteiger partial charge in [-0.05, 0) is 53.9 Å². The molecule has 0 aliphatic heterocycles. The average molecular weight is 439 g/mol. The van der Waals surface area contributed by atoms with Gasteiger partial charge >= 0.3 is 11.9 Å². The summed E-state index contributed by atoms with van der Waals surface area (Å²) < 4.78 is 15.8. The van der Waals surface area contributed by atoms with Crippen molar-refractivity contribution >= 4 is 11.9 Å². The number of unbranched alkanes of at least 4 members (excludes halogenated alkanes) is 1. The highest BCUT2D eigenvalue weighted by molar-refractivity contribution is 5.70. The molecule has 0 aromatic carbocycles. The molecule has 0 aliphatic rings. The molecule has 6 atom stereocenters. The lowest BCUT2D eigenvalue weighted by atomic mass is 10.1. The molecule has 0 heterocycles. The number of carbonyl (C=O) groups excluding carboxylic acids is 1. The second kappa shape index (κ2) is 18.5. The summed E-state index contributed by atoms with van der Waals surface area (Å²) in [6.45, 7) is 10.9. The fraction of sp³-hybridized carbons (Fsp3) is 0.905. The van der Waals surface area contributed by atoms with E-state index in [0.29, 0.717) is 19.3 Å². The molecule has 9 heteroatoms. The molecule has 6 unspecified atom stereocenters. The van der Waals surface area contributed by atoms with Crippen molar-refractivity contribution in [3.05, 3.63) is 0 Å². The maximum absolute atomic E-state index is 11.6. The molecule has 0 spiro atoms. The van der Waals surface area contributed by atoms with E-state index in [0.717, 1.165) is 0 Å². The zero-order chi connectivity index (χ0) is 23.7. The summed E-state index contributed by atoms with van der Waals surface area (Å²) in [4.78, 5) is 22.0. The Labute approximate surface area is 180 Å². The van der Waals surface area contributed by atoms with Crippen LogP contribution in [0.15, 0.2) is 0 Å². The maximum atomic E-state index is 11.6. The van der Waals surface area contributed by atoms with E-state index in [4.69, 9.17) is 34.6 Å². The Hall–Kier alpha value is -1.26. The highest BCUT2D eigenvalue weighted by atomic mass is 16.6. The van der Waals surface area contributed by atoms with Gasteiger partial charge in [-0.1, -0.05) is 6.92 Å². The van der Waals surface area contributed by atoms with Crippen LogP contribution < -0.4 is 0 Å². The molecular weight excluding hydrogens is 396 g/mol. The maximum Gasteiger partial charge on any atom is 0.306 e. The van der Waals surface area contributed by atoms with Crippen LogP contribution in [0.2, 0.25) is 0 Å². The Morgan fingerprint density at radius 2 is 1.27 bits per heavy atom. The zero-order valence-corrected chi connectivity index (χ0v) is 19.2. The largest absolute Gasteiger partial charge is 0.481 e. The number of hydrogen-bond donors (Lipinski definition) is 4. The molecule has 9 nitrogen and oxygen atoms in total. The molecule has 0 radical (unpaired) electrons. The van der Waals surface area contributed by atoms with Crippen LogP contribution >= 0.6 is 0 Å². The van der Waals surface area contributed by atoms with Crippen LogP contribution in [0, 0.1) is 0 Å². The monoisotopic (exact) mass is 438 g/mol. The molecule has 180 valence electrons. The Morgan fingerprint density at radius 3 is 1.67 bits per heavy atom. The Bertz CT molecular complexity index is 438. The minimum atomic E-state index is -0.857. The highest BCUT2D eigenvalue weighted by Crippen LogP contribution is 2.11. The number of rotatable bonds is 15. The van der Waals surface area contributed by atoms with E-state index in [9.17, 15) is 9.59 Å². The number of ether oxygens (including phenoxy) is 3. The normalized spacial score (nSPS) is 17.0. The lowest BCUT2D eigenvalue weighted by Crippen LogP contribution is -2.32. The van der Waals surface area contributed by atoms with Gasteiger partial charge in [-0.25, -0.2) is 0 Å². The van der Waals surface area contributed by atoms with Gasteiger partial charge in [-0.2, -0.15) is 0 Å². The lowest BCUT2D eigenvalue weighted by Gasteiger charge is -2.24. The standard InChI is InChI=1S/C14H26O6.C7H16O3/c1-4-12(11(3)19-9-10(2)15)20-14(18)8-6-5-7-13(16)17;1-5(8)4-10-7(3)6(2)9/h10-12,15H,4-9H2,1-3H3,(H,16,17);5-9H,4H2,1-3H3. The van der Waals surface area contributed by atoms with Gasteiger partial charge < -0.3 is 34.6 Å². The topological polar surface area (TPSA) is 143 Å². The van der Waals surface area contributed by atoms with Crippen LogP contribution in [0.25, 0.3) is 0 Å². The van der Waals surface area contributed by atoms with Crippen LogP contribution in [0.5, 0.6) is 0 Å². The molecule has 0 rings (SSSR count). The first-order valence-corrected chi connectivity index (χ1v) is 10.6. The lowest BCUT2D eigenvalue weighted by molar-refractivity contribution is -0.158. The third-order valence-corrected chi connectivity index (χ3v) is 4.11. The summed E-state index contributed by atoms with van der Waals surface area (Å²) in [5.41, 5.74) is 0. The van der Waals surface area contributed by atoms with Gasteiger partial charge in [0.2, 0.25) is 0 Å². The first-order valence-electron chi connectivity index (χ1n) is 10.6. The van der Waals surface area contributed by atoms with Crippen molar-refractivity contribution in [2.75, 3.05) is 13.2 Å². The van der Waals surface area contributed by atoms with Crippen LogP contribution in [-0.2, 0) is 23.8 Å². The fourth-order valence-corrected chi connectivity index (χ4v) is 2.11. The molecule has 0 saturated heterocycles. The molecule has 0 aromatic rings. The number of carbonyl (C=O) groups is 2. The predicted octanol–water partition coefficient (Wildman–Crippen LogP) is 1.89. The van der Waals surface area contributed by atoms with Crippen molar-refractivity contribution in [2.45, 2.75) is 110 Å². The molecule has 0 saturated carbocycles. The van der Waals surface area contributed by atoms with E-state index in [1.165, 1.54) is 0 Å². The summed E-state index contributed by atoms with van der Waals surface area (Å²) in [5, 5.41) is 35.3. The molecule has 4 N–H and O–H groups in total. The van der Waals surface area contributed by atoms with Crippen LogP contribution in [0.3, 0.4) is 0 Å². The van der Waals surface area contributed by atoms with E-state index < -0.39 is 24.3 Å². The van der Waals surface area contributed by atoms with E-state index >= 15 is 0 Å². The summed E-state index contributed by atoms with van der Waals surface area (Å²) in [6.07, 6.45) is -0.429. The second-order valence-electron chi connectivity index (χ2n) is 7.55. The van der Waals surface area contributed by atoms with Gasteiger partial charge in [0, 0.05) is 12.8 Å².